The first-order chi connectivity index (χ1) is 6.79. The van der Waals surface area contributed by atoms with Gasteiger partial charge in [-0.2, -0.15) is 4.98 Å². The third-order valence-electron chi connectivity index (χ3n) is 2.05. The van der Waals surface area contributed by atoms with Crippen molar-refractivity contribution < 1.29 is 9.36 Å². The molecule has 0 atom stereocenters. The second kappa shape index (κ2) is 3.65. The maximum absolute atomic E-state index is 5.04. The number of aryl methyl sites for hydroxylation is 1. The van der Waals surface area contributed by atoms with Gasteiger partial charge in [0.25, 0.3) is 0 Å². The minimum Gasteiger partial charge on any atom is -0.399 e. The third kappa shape index (κ3) is 1.68. The molecule has 0 amide bonds. The van der Waals surface area contributed by atoms with E-state index in [2.05, 4.69) is 15.3 Å². The van der Waals surface area contributed by atoms with E-state index in [1.54, 1.807) is 14.0 Å². The van der Waals surface area contributed by atoms with Gasteiger partial charge in [0, 0.05) is 13.0 Å². The van der Waals surface area contributed by atoms with E-state index < -0.39 is 0 Å². The molecule has 14 heavy (non-hydrogen) atoms. The Labute approximate surface area is 81.5 Å². The summed E-state index contributed by atoms with van der Waals surface area (Å²) in [4.78, 5) is 10.8. The van der Waals surface area contributed by atoms with Gasteiger partial charge in [0.2, 0.25) is 0 Å². The predicted octanol–water partition coefficient (Wildman–Crippen LogP) is 0.591. The summed E-state index contributed by atoms with van der Waals surface area (Å²) in [5.41, 5.74) is 1.00. The summed E-state index contributed by atoms with van der Waals surface area (Å²) in [6.45, 7) is 3.35. The lowest BCUT2D eigenvalue weighted by molar-refractivity contribution is 0.212. The molecule has 0 unspecified atom stereocenters. The maximum Gasteiger partial charge on any atom is 0.324 e. The van der Waals surface area contributed by atoms with Gasteiger partial charge in [-0.25, -0.2) is 0 Å². The predicted molar refractivity (Wildman–Crippen MR) is 50.3 cm³/mol. The Morgan fingerprint density at radius 2 is 2.43 bits per heavy atom. The van der Waals surface area contributed by atoms with Crippen LogP contribution in [0.1, 0.15) is 12.2 Å². The largest absolute Gasteiger partial charge is 0.399 e. The molecule has 0 aliphatic carbocycles. The summed E-state index contributed by atoms with van der Waals surface area (Å²) < 4.78 is 5.04. The highest BCUT2D eigenvalue weighted by Crippen LogP contribution is 2.16. The number of anilines is 1. The summed E-state index contributed by atoms with van der Waals surface area (Å²) in [7, 11) is 1.55. The van der Waals surface area contributed by atoms with Gasteiger partial charge in [-0.3, -0.25) is 0 Å². The Bertz CT molecular complexity index is 347. The molecule has 0 saturated carbocycles. The second-order valence-corrected chi connectivity index (χ2v) is 3.14. The molecule has 1 aliphatic heterocycles. The van der Waals surface area contributed by atoms with Gasteiger partial charge in [0.15, 0.2) is 5.82 Å². The Hall–Kier alpha value is -1.59. The van der Waals surface area contributed by atoms with Gasteiger partial charge in [-0.05, 0) is 6.92 Å². The quantitative estimate of drug-likeness (QED) is 0.648. The fourth-order valence-corrected chi connectivity index (χ4v) is 1.42. The van der Waals surface area contributed by atoms with E-state index in [9.17, 15) is 0 Å². The number of nitrogens with zero attached hydrogens (tertiary/aromatic N) is 4. The summed E-state index contributed by atoms with van der Waals surface area (Å²) >= 11 is 0. The molecular formula is C8H12N4O2. The number of oxime groups is 1. The van der Waals surface area contributed by atoms with Gasteiger partial charge in [0.1, 0.15) is 7.11 Å². The first-order valence-electron chi connectivity index (χ1n) is 4.44. The lowest BCUT2D eigenvalue weighted by atomic mass is 10.3. The summed E-state index contributed by atoms with van der Waals surface area (Å²) in [6.07, 6.45) is 0.884. The first kappa shape index (κ1) is 8.98. The van der Waals surface area contributed by atoms with Gasteiger partial charge in [0.05, 0.1) is 12.3 Å². The van der Waals surface area contributed by atoms with Crippen LogP contribution in [0.3, 0.4) is 0 Å². The number of rotatable bonds is 2. The van der Waals surface area contributed by atoms with Crippen LogP contribution in [0.2, 0.25) is 0 Å². The lowest BCUT2D eigenvalue weighted by Crippen LogP contribution is -2.19. The molecular weight excluding hydrogens is 184 g/mol. The van der Waals surface area contributed by atoms with E-state index in [4.69, 9.17) is 9.36 Å². The fraction of sp³-hybridized carbons (Fsp3) is 0.625. The molecule has 2 rings (SSSR count). The van der Waals surface area contributed by atoms with E-state index in [-0.39, 0.29) is 0 Å². The highest BCUT2D eigenvalue weighted by atomic mass is 16.6. The Balaban J connectivity index is 2.05. The topological polar surface area (TPSA) is 63.8 Å². The van der Waals surface area contributed by atoms with Crippen molar-refractivity contribution in [2.24, 2.45) is 5.16 Å². The van der Waals surface area contributed by atoms with Crippen molar-refractivity contribution in [2.75, 3.05) is 25.1 Å². The summed E-state index contributed by atoms with van der Waals surface area (Å²) in [5.74, 6) is 0.650. The zero-order valence-electron chi connectivity index (χ0n) is 8.23. The Kier molecular flexibility index (Phi) is 2.34. The maximum atomic E-state index is 5.04. The Morgan fingerprint density at radius 3 is 3.07 bits per heavy atom. The standard InChI is InChI=1S/C8H12N4O2/c1-6-9-8(14-10-6)12-4-3-7(5-12)11-13-2/h3-5H2,1-2H3. The van der Waals surface area contributed by atoms with E-state index in [1.807, 2.05) is 4.90 Å². The fourth-order valence-electron chi connectivity index (χ4n) is 1.42. The molecule has 0 spiro atoms. The average molecular weight is 196 g/mol. The van der Waals surface area contributed by atoms with Crippen LogP contribution < -0.4 is 4.90 Å². The van der Waals surface area contributed by atoms with Crippen LogP contribution in [0.25, 0.3) is 0 Å². The average Bonchev–Trinajstić information content (AvgIpc) is 2.74. The molecule has 6 heteroatoms. The zero-order chi connectivity index (χ0) is 9.97. The van der Waals surface area contributed by atoms with Crippen LogP contribution in [0, 0.1) is 6.92 Å². The SMILES string of the molecule is CON=C1CCN(c2nc(C)no2)C1. The molecule has 0 radical (unpaired) electrons. The van der Waals surface area contributed by atoms with E-state index >= 15 is 0 Å². The van der Waals surface area contributed by atoms with Crippen LogP contribution in [0.4, 0.5) is 6.01 Å². The highest BCUT2D eigenvalue weighted by molar-refractivity contribution is 5.91. The zero-order valence-corrected chi connectivity index (χ0v) is 8.23. The van der Waals surface area contributed by atoms with Crippen molar-refractivity contribution in [1.82, 2.24) is 10.1 Å². The molecule has 1 saturated heterocycles. The molecule has 76 valence electrons. The first-order valence-corrected chi connectivity index (χ1v) is 4.44. The number of hydrogen-bond donors (Lipinski definition) is 0. The summed E-state index contributed by atoms with van der Waals surface area (Å²) in [5, 5.41) is 7.62. The van der Waals surface area contributed by atoms with Crippen LogP contribution in [-0.2, 0) is 4.84 Å². The van der Waals surface area contributed by atoms with Crippen molar-refractivity contribution in [2.45, 2.75) is 13.3 Å². The van der Waals surface area contributed by atoms with Gasteiger partial charge >= 0.3 is 6.01 Å². The lowest BCUT2D eigenvalue weighted by Gasteiger charge is -2.08. The number of aromatic nitrogens is 2. The molecule has 1 fully saturated rings. The molecule has 0 aromatic carbocycles. The van der Waals surface area contributed by atoms with Crippen LogP contribution in [0.5, 0.6) is 0 Å². The van der Waals surface area contributed by atoms with Crippen molar-refractivity contribution in [3.8, 4) is 0 Å². The normalized spacial score (nSPS) is 19.3. The smallest absolute Gasteiger partial charge is 0.324 e. The molecule has 0 bridgehead atoms. The monoisotopic (exact) mass is 196 g/mol. The van der Waals surface area contributed by atoms with Crippen LogP contribution in [-0.4, -0.2) is 36.1 Å². The molecule has 6 nitrogen and oxygen atoms in total. The van der Waals surface area contributed by atoms with E-state index in [0.717, 1.165) is 18.7 Å². The summed E-state index contributed by atoms with van der Waals surface area (Å²) in [6, 6.07) is 0.559. The van der Waals surface area contributed by atoms with Crippen molar-refractivity contribution >= 4 is 11.7 Å². The van der Waals surface area contributed by atoms with Gasteiger partial charge < -0.3 is 14.3 Å². The molecule has 0 N–H and O–H groups in total. The van der Waals surface area contributed by atoms with Crippen LogP contribution >= 0.6 is 0 Å². The third-order valence-corrected chi connectivity index (χ3v) is 2.05. The molecule has 1 aromatic rings. The van der Waals surface area contributed by atoms with E-state index in [1.165, 1.54) is 0 Å². The van der Waals surface area contributed by atoms with E-state index in [0.29, 0.717) is 18.4 Å². The van der Waals surface area contributed by atoms with Gasteiger partial charge in [-0.1, -0.05) is 10.3 Å². The number of hydrogen-bond acceptors (Lipinski definition) is 6. The van der Waals surface area contributed by atoms with Gasteiger partial charge in [-0.15, -0.1) is 0 Å². The van der Waals surface area contributed by atoms with Crippen molar-refractivity contribution in [3.05, 3.63) is 5.82 Å². The molecule has 1 aliphatic rings. The highest BCUT2D eigenvalue weighted by Gasteiger charge is 2.22. The van der Waals surface area contributed by atoms with Crippen molar-refractivity contribution in [1.29, 1.82) is 0 Å². The second-order valence-electron chi connectivity index (χ2n) is 3.14. The Morgan fingerprint density at radius 1 is 1.57 bits per heavy atom. The molecule has 1 aromatic heterocycles. The van der Waals surface area contributed by atoms with Crippen LogP contribution in [0.15, 0.2) is 9.68 Å². The molecule has 2 heterocycles. The minimum absolute atomic E-state index is 0.559. The van der Waals surface area contributed by atoms with Crippen molar-refractivity contribution in [3.63, 3.8) is 0 Å². The minimum atomic E-state index is 0.559.